The zero-order valence-corrected chi connectivity index (χ0v) is 17.0. The van der Waals surface area contributed by atoms with Gasteiger partial charge in [0.25, 0.3) is 5.91 Å². The van der Waals surface area contributed by atoms with E-state index in [1.807, 2.05) is 6.07 Å². The van der Waals surface area contributed by atoms with Crippen molar-refractivity contribution in [2.24, 2.45) is 5.92 Å². The van der Waals surface area contributed by atoms with Crippen LogP contribution in [0.1, 0.15) is 48.8 Å². The fraction of sp³-hybridized carbons (Fsp3) is 0.524. The molecule has 4 rings (SSSR count). The molecular formula is C21H23F4N3O2. The van der Waals surface area contributed by atoms with Crippen LogP contribution in [0.5, 0.6) is 0 Å². The Morgan fingerprint density at radius 1 is 1.30 bits per heavy atom. The van der Waals surface area contributed by atoms with Crippen LogP contribution in [0.15, 0.2) is 28.7 Å². The number of benzene rings is 1. The molecule has 0 N–H and O–H groups in total. The second-order valence-electron chi connectivity index (χ2n) is 8.64. The summed E-state index contributed by atoms with van der Waals surface area (Å²) in [7, 11) is 0. The standard InChI is InChI=1S/C21H23F4N3O2/c1-12-26-17(18(30-12)21(23,24)25)19(29)27-8-7-16-13(11-27)10-20(2,3)28(16)15-6-4-5-14(22)9-15/h4-6,9,13,16H,7-8,10-11H2,1-3H3/t13-,16+/m1/s1. The number of rotatable bonds is 2. The molecule has 0 aliphatic carbocycles. The van der Waals surface area contributed by atoms with E-state index in [4.69, 9.17) is 0 Å². The monoisotopic (exact) mass is 425 g/mol. The molecule has 162 valence electrons. The van der Waals surface area contributed by atoms with E-state index in [0.717, 1.165) is 12.1 Å². The zero-order chi connectivity index (χ0) is 21.8. The van der Waals surface area contributed by atoms with Crippen molar-refractivity contribution in [3.8, 4) is 0 Å². The highest BCUT2D eigenvalue weighted by atomic mass is 19.4. The highest BCUT2D eigenvalue weighted by Crippen LogP contribution is 2.45. The van der Waals surface area contributed by atoms with Crippen LogP contribution in [0.3, 0.4) is 0 Å². The number of likely N-dealkylation sites (tertiary alicyclic amines) is 1. The number of alkyl halides is 3. The highest BCUT2D eigenvalue weighted by Gasteiger charge is 2.50. The molecule has 0 unspecified atom stereocenters. The Hall–Kier alpha value is -2.58. The van der Waals surface area contributed by atoms with E-state index < -0.39 is 23.5 Å². The van der Waals surface area contributed by atoms with Crippen LogP contribution in [0.4, 0.5) is 23.2 Å². The third-order valence-electron chi connectivity index (χ3n) is 6.01. The first-order valence-electron chi connectivity index (χ1n) is 9.86. The Morgan fingerprint density at radius 3 is 2.70 bits per heavy atom. The second-order valence-corrected chi connectivity index (χ2v) is 8.64. The highest BCUT2D eigenvalue weighted by molar-refractivity contribution is 5.93. The van der Waals surface area contributed by atoms with E-state index in [-0.39, 0.29) is 29.2 Å². The molecule has 2 aliphatic rings. The quantitative estimate of drug-likeness (QED) is 0.657. The van der Waals surface area contributed by atoms with E-state index in [9.17, 15) is 22.4 Å². The number of hydrogen-bond acceptors (Lipinski definition) is 4. The predicted molar refractivity (Wildman–Crippen MR) is 102 cm³/mol. The molecule has 0 bridgehead atoms. The van der Waals surface area contributed by atoms with Gasteiger partial charge >= 0.3 is 6.18 Å². The van der Waals surface area contributed by atoms with Gasteiger partial charge in [0.1, 0.15) is 5.82 Å². The number of halogens is 4. The zero-order valence-electron chi connectivity index (χ0n) is 17.0. The van der Waals surface area contributed by atoms with Gasteiger partial charge in [0.15, 0.2) is 11.6 Å². The summed E-state index contributed by atoms with van der Waals surface area (Å²) in [4.78, 5) is 20.2. The minimum Gasteiger partial charge on any atom is -0.436 e. The molecule has 5 nitrogen and oxygen atoms in total. The van der Waals surface area contributed by atoms with Crippen molar-refractivity contribution in [3.63, 3.8) is 0 Å². The summed E-state index contributed by atoms with van der Waals surface area (Å²) in [5, 5.41) is 0. The van der Waals surface area contributed by atoms with Gasteiger partial charge in [0.2, 0.25) is 5.76 Å². The molecule has 0 spiro atoms. The Morgan fingerprint density at radius 2 is 2.03 bits per heavy atom. The molecule has 2 fully saturated rings. The van der Waals surface area contributed by atoms with Gasteiger partial charge in [-0.3, -0.25) is 4.79 Å². The Labute approximate surface area is 171 Å². The summed E-state index contributed by atoms with van der Waals surface area (Å²) in [5.74, 6) is -2.57. The van der Waals surface area contributed by atoms with Crippen LogP contribution in [-0.4, -0.2) is 40.5 Å². The van der Waals surface area contributed by atoms with Gasteiger partial charge in [-0.1, -0.05) is 6.07 Å². The third-order valence-corrected chi connectivity index (χ3v) is 6.01. The maximum atomic E-state index is 13.8. The molecule has 1 aromatic carbocycles. The SMILES string of the molecule is Cc1nc(C(=O)N2CC[C@H]3[C@@H](C2)CC(C)(C)N3c2cccc(F)c2)c(C(F)(F)F)o1. The number of oxazole rings is 1. The number of carbonyl (C=O) groups excluding carboxylic acids is 1. The summed E-state index contributed by atoms with van der Waals surface area (Å²) < 4.78 is 58.2. The van der Waals surface area contributed by atoms with Gasteiger partial charge in [0, 0.05) is 37.3 Å². The van der Waals surface area contributed by atoms with Crippen molar-refractivity contribution in [2.45, 2.75) is 51.4 Å². The van der Waals surface area contributed by atoms with Crippen LogP contribution < -0.4 is 4.90 Å². The van der Waals surface area contributed by atoms with Crippen molar-refractivity contribution in [1.82, 2.24) is 9.88 Å². The Kier molecular flexibility index (Phi) is 4.82. The van der Waals surface area contributed by atoms with Gasteiger partial charge < -0.3 is 14.2 Å². The first kappa shape index (κ1) is 20.7. The second kappa shape index (κ2) is 6.99. The molecule has 1 aromatic heterocycles. The van der Waals surface area contributed by atoms with Crippen LogP contribution >= 0.6 is 0 Å². The average Bonchev–Trinajstić information content (AvgIpc) is 3.16. The van der Waals surface area contributed by atoms with Crippen LogP contribution in [0.25, 0.3) is 0 Å². The summed E-state index contributed by atoms with van der Waals surface area (Å²) in [6.45, 7) is 6.03. The van der Waals surface area contributed by atoms with Crippen molar-refractivity contribution >= 4 is 11.6 Å². The number of nitrogens with zero attached hydrogens (tertiary/aromatic N) is 3. The molecule has 2 aromatic rings. The largest absolute Gasteiger partial charge is 0.452 e. The van der Waals surface area contributed by atoms with Gasteiger partial charge in [-0.2, -0.15) is 13.2 Å². The number of anilines is 1. The van der Waals surface area contributed by atoms with Crippen LogP contribution in [-0.2, 0) is 6.18 Å². The minimum atomic E-state index is -4.78. The smallest absolute Gasteiger partial charge is 0.436 e. The van der Waals surface area contributed by atoms with Gasteiger partial charge in [-0.15, -0.1) is 0 Å². The average molecular weight is 425 g/mol. The lowest BCUT2D eigenvalue weighted by Crippen LogP contribution is -2.50. The summed E-state index contributed by atoms with van der Waals surface area (Å²) >= 11 is 0. The van der Waals surface area contributed by atoms with Crippen LogP contribution in [0.2, 0.25) is 0 Å². The number of hydrogen-bond donors (Lipinski definition) is 0. The molecule has 2 aliphatic heterocycles. The summed E-state index contributed by atoms with van der Waals surface area (Å²) in [6, 6.07) is 6.49. The first-order valence-corrected chi connectivity index (χ1v) is 9.86. The van der Waals surface area contributed by atoms with Gasteiger partial charge in [0.05, 0.1) is 0 Å². The molecule has 2 atom stereocenters. The normalized spacial score (nSPS) is 23.6. The summed E-state index contributed by atoms with van der Waals surface area (Å²) in [5.41, 5.74) is -0.180. The number of aromatic nitrogens is 1. The van der Waals surface area contributed by atoms with Gasteiger partial charge in [-0.25, -0.2) is 9.37 Å². The number of carbonyl (C=O) groups is 1. The molecule has 2 saturated heterocycles. The summed E-state index contributed by atoms with van der Waals surface area (Å²) in [6.07, 6.45) is -3.47. The van der Waals surface area contributed by atoms with Crippen molar-refractivity contribution in [2.75, 3.05) is 18.0 Å². The predicted octanol–water partition coefficient (Wildman–Crippen LogP) is 4.66. The van der Waals surface area contributed by atoms with E-state index in [1.165, 1.54) is 24.0 Å². The van der Waals surface area contributed by atoms with E-state index in [0.29, 0.717) is 19.5 Å². The van der Waals surface area contributed by atoms with Gasteiger partial charge in [-0.05, 0) is 50.8 Å². The lowest BCUT2D eigenvalue weighted by Gasteiger charge is -2.41. The molecule has 30 heavy (non-hydrogen) atoms. The molecule has 1 amide bonds. The first-order chi connectivity index (χ1) is 14.0. The van der Waals surface area contributed by atoms with Crippen LogP contribution in [0, 0.1) is 18.7 Å². The fourth-order valence-electron chi connectivity index (χ4n) is 5.01. The fourth-order valence-corrected chi connectivity index (χ4v) is 5.01. The topological polar surface area (TPSA) is 49.6 Å². The molecule has 0 saturated carbocycles. The van der Waals surface area contributed by atoms with E-state index >= 15 is 0 Å². The maximum Gasteiger partial charge on any atom is 0.452 e. The lowest BCUT2D eigenvalue weighted by molar-refractivity contribution is -0.153. The molecule has 9 heteroatoms. The lowest BCUT2D eigenvalue weighted by atomic mass is 9.89. The Bertz CT molecular complexity index is 969. The molecular weight excluding hydrogens is 402 g/mol. The van der Waals surface area contributed by atoms with Crippen molar-refractivity contribution < 1.29 is 26.8 Å². The minimum absolute atomic E-state index is 0.0586. The number of amides is 1. The number of piperidine rings is 1. The van der Waals surface area contributed by atoms with E-state index in [2.05, 4.69) is 28.1 Å². The maximum absolute atomic E-state index is 13.8. The Balaban J connectivity index is 1.58. The number of aryl methyl sites for hydroxylation is 1. The molecule has 0 radical (unpaired) electrons. The van der Waals surface area contributed by atoms with Crippen molar-refractivity contribution in [3.05, 3.63) is 47.4 Å². The molecule has 3 heterocycles. The number of fused-ring (bicyclic) bond motifs is 1. The third kappa shape index (κ3) is 3.54. The van der Waals surface area contributed by atoms with Crippen molar-refractivity contribution in [1.29, 1.82) is 0 Å². The van der Waals surface area contributed by atoms with E-state index in [1.54, 1.807) is 6.07 Å².